The van der Waals surface area contributed by atoms with Gasteiger partial charge in [0.05, 0.1) is 6.10 Å². The summed E-state index contributed by atoms with van der Waals surface area (Å²) in [6, 6.07) is 5.95. The van der Waals surface area contributed by atoms with Crippen LogP contribution in [0.3, 0.4) is 0 Å². The summed E-state index contributed by atoms with van der Waals surface area (Å²) in [6.07, 6.45) is 12.9. The normalized spacial score (nSPS) is 26.4. The fourth-order valence-electron chi connectivity index (χ4n) is 6.98. The van der Waals surface area contributed by atoms with E-state index < -0.39 is 6.17 Å². The van der Waals surface area contributed by atoms with Crippen LogP contribution in [0.2, 0.25) is 5.02 Å². The van der Waals surface area contributed by atoms with E-state index in [0.29, 0.717) is 17.4 Å². The van der Waals surface area contributed by atoms with Crippen LogP contribution in [0.25, 0.3) is 0 Å². The van der Waals surface area contributed by atoms with Crippen molar-refractivity contribution in [3.63, 3.8) is 0 Å². The molecule has 2 aromatic rings. The van der Waals surface area contributed by atoms with Gasteiger partial charge in [-0.2, -0.15) is 0 Å². The number of rotatable bonds is 11. The van der Waals surface area contributed by atoms with E-state index in [1.807, 2.05) is 17.6 Å². The molecular formula is C34H42ClFN4OS. The molecule has 1 saturated heterocycles. The van der Waals surface area contributed by atoms with Gasteiger partial charge in [0.2, 0.25) is 0 Å². The van der Waals surface area contributed by atoms with E-state index in [2.05, 4.69) is 46.4 Å². The van der Waals surface area contributed by atoms with Crippen LogP contribution in [-0.4, -0.2) is 52.7 Å². The van der Waals surface area contributed by atoms with E-state index in [1.165, 1.54) is 17.7 Å². The number of nitrogens with zero attached hydrogens (tertiary/aromatic N) is 3. The molecular weight excluding hydrogens is 567 g/mol. The number of allylic oxidation sites excluding steroid dienone is 4. The predicted molar refractivity (Wildman–Crippen MR) is 171 cm³/mol. The second kappa shape index (κ2) is 13.1. The zero-order chi connectivity index (χ0) is 29.2. The van der Waals surface area contributed by atoms with Gasteiger partial charge in [0.25, 0.3) is 0 Å². The average molecular weight is 609 g/mol. The number of aliphatic imine (C=N–C) groups is 1. The molecule has 8 heteroatoms. The zero-order valence-electron chi connectivity index (χ0n) is 24.7. The zero-order valence-corrected chi connectivity index (χ0v) is 26.2. The first kappa shape index (κ1) is 29.7. The minimum absolute atomic E-state index is 0.0867. The molecule has 0 bridgehead atoms. The Morgan fingerprint density at radius 1 is 1.14 bits per heavy atom. The van der Waals surface area contributed by atoms with Crippen LogP contribution >= 0.6 is 22.9 Å². The van der Waals surface area contributed by atoms with E-state index >= 15 is 0 Å². The Labute approximate surface area is 258 Å². The topological polar surface area (TPSA) is 60.8 Å². The SMILES string of the molecule is Cc1ccc([C@@H]2N=C(c3nccs3)N3CC(CCNCCC4CCC(O)CC4)CC3=C2C2=C(CC(C)F)C=C2)c(Cl)c1. The van der Waals surface area contributed by atoms with Crippen LogP contribution in [-0.2, 0) is 0 Å². The van der Waals surface area contributed by atoms with E-state index in [9.17, 15) is 9.50 Å². The van der Waals surface area contributed by atoms with Gasteiger partial charge in [0.15, 0.2) is 10.8 Å². The van der Waals surface area contributed by atoms with E-state index in [1.54, 1.807) is 18.3 Å². The van der Waals surface area contributed by atoms with Crippen LogP contribution < -0.4 is 5.32 Å². The van der Waals surface area contributed by atoms with Gasteiger partial charge >= 0.3 is 0 Å². The van der Waals surface area contributed by atoms with Crippen molar-refractivity contribution >= 4 is 28.8 Å². The number of aromatic nitrogens is 1. The lowest BCUT2D eigenvalue weighted by Gasteiger charge is -2.35. The van der Waals surface area contributed by atoms with Gasteiger partial charge in [-0.3, -0.25) is 4.99 Å². The number of alkyl halides is 1. The largest absolute Gasteiger partial charge is 0.393 e. The number of aliphatic hydroxyl groups is 1. The molecule has 4 aliphatic rings. The molecule has 3 heterocycles. The number of amidine groups is 1. The number of nitrogens with one attached hydrogen (secondary N) is 1. The average Bonchev–Trinajstić information content (AvgIpc) is 3.63. The van der Waals surface area contributed by atoms with Crippen molar-refractivity contribution in [2.24, 2.45) is 16.8 Å². The number of fused-ring (bicyclic) bond motifs is 1. The summed E-state index contributed by atoms with van der Waals surface area (Å²) in [5, 5.41) is 17.1. The molecule has 2 fully saturated rings. The first-order valence-corrected chi connectivity index (χ1v) is 16.8. The van der Waals surface area contributed by atoms with Gasteiger partial charge in [0, 0.05) is 40.8 Å². The Kier molecular flexibility index (Phi) is 9.29. The quantitative estimate of drug-likeness (QED) is 0.256. The van der Waals surface area contributed by atoms with E-state index in [4.69, 9.17) is 16.6 Å². The second-order valence-electron chi connectivity index (χ2n) is 12.5. The third-order valence-electron chi connectivity index (χ3n) is 9.28. The smallest absolute Gasteiger partial charge is 0.165 e. The summed E-state index contributed by atoms with van der Waals surface area (Å²) in [6.45, 7) is 6.60. The molecule has 1 saturated carbocycles. The third kappa shape index (κ3) is 6.45. The van der Waals surface area contributed by atoms with Gasteiger partial charge in [-0.05, 0) is 112 Å². The standard InChI is InChI=1S/C34H42ClFN4OS/c1-21-3-9-28(29(35)17-21)32-31(27-10-6-25(27)18-22(2)36)30-19-24(20-40(30)33(39-32)34-38-15-16-42-34)12-14-37-13-11-23-4-7-26(41)8-5-23/h3,6,9-10,15-17,22-24,26,32,37,41H,4-5,7-8,11-14,18-20H2,1-2H3/t22?,23?,24?,26?,32-/m0/s1. The van der Waals surface area contributed by atoms with Crippen molar-refractivity contribution in [2.75, 3.05) is 19.6 Å². The van der Waals surface area contributed by atoms with Crippen molar-refractivity contribution in [2.45, 2.75) is 83.5 Å². The third-order valence-corrected chi connectivity index (χ3v) is 10.4. The first-order valence-electron chi connectivity index (χ1n) is 15.6. The fraction of sp³-hybridized carbons (Fsp3) is 0.529. The molecule has 42 heavy (non-hydrogen) atoms. The number of aryl methyl sites for hydroxylation is 1. The van der Waals surface area contributed by atoms with Crippen LogP contribution in [0, 0.1) is 18.8 Å². The molecule has 3 atom stereocenters. The highest BCUT2D eigenvalue weighted by Crippen LogP contribution is 2.49. The molecule has 2 aliphatic heterocycles. The maximum absolute atomic E-state index is 14.2. The lowest BCUT2D eigenvalue weighted by Crippen LogP contribution is -2.34. The van der Waals surface area contributed by atoms with E-state index in [-0.39, 0.29) is 12.1 Å². The molecule has 1 aromatic heterocycles. The summed E-state index contributed by atoms with van der Waals surface area (Å²) in [5.74, 6) is 2.14. The van der Waals surface area contributed by atoms with Crippen molar-refractivity contribution in [3.8, 4) is 0 Å². The van der Waals surface area contributed by atoms with Crippen LogP contribution in [0.5, 0.6) is 0 Å². The number of hydrogen-bond donors (Lipinski definition) is 2. The van der Waals surface area contributed by atoms with Gasteiger partial charge < -0.3 is 15.3 Å². The fourth-order valence-corrected chi connectivity index (χ4v) is 7.96. The Hall–Kier alpha value is -2.32. The summed E-state index contributed by atoms with van der Waals surface area (Å²) in [4.78, 5) is 12.4. The van der Waals surface area contributed by atoms with Gasteiger partial charge in [0.1, 0.15) is 12.2 Å². The molecule has 1 aromatic carbocycles. The lowest BCUT2D eigenvalue weighted by molar-refractivity contribution is 0.106. The van der Waals surface area contributed by atoms with Gasteiger partial charge in [-0.1, -0.05) is 35.9 Å². The highest BCUT2D eigenvalue weighted by Gasteiger charge is 2.41. The Bertz CT molecular complexity index is 1390. The molecule has 0 amide bonds. The van der Waals surface area contributed by atoms with Gasteiger partial charge in [-0.15, -0.1) is 11.3 Å². The maximum Gasteiger partial charge on any atom is 0.165 e. The highest BCUT2D eigenvalue weighted by molar-refractivity contribution is 7.11. The van der Waals surface area contributed by atoms with E-state index in [0.717, 1.165) is 97.2 Å². The van der Waals surface area contributed by atoms with Crippen LogP contribution in [0.1, 0.15) is 80.5 Å². The molecule has 2 N–H and O–H groups in total. The number of halogens is 2. The molecule has 224 valence electrons. The molecule has 5 nitrogen and oxygen atoms in total. The minimum atomic E-state index is -0.901. The first-order chi connectivity index (χ1) is 20.4. The maximum atomic E-state index is 14.2. The minimum Gasteiger partial charge on any atom is -0.393 e. The number of hydrogen-bond acceptors (Lipinski definition) is 6. The second-order valence-corrected chi connectivity index (χ2v) is 13.8. The molecule has 0 radical (unpaired) electrons. The van der Waals surface area contributed by atoms with Crippen molar-refractivity contribution < 1.29 is 9.50 Å². The predicted octanol–water partition coefficient (Wildman–Crippen LogP) is 7.72. The Morgan fingerprint density at radius 2 is 1.93 bits per heavy atom. The van der Waals surface area contributed by atoms with Crippen LogP contribution in [0.15, 0.2) is 69.3 Å². The van der Waals surface area contributed by atoms with Crippen molar-refractivity contribution in [1.82, 2.24) is 15.2 Å². The summed E-state index contributed by atoms with van der Waals surface area (Å²) >= 11 is 8.50. The molecule has 2 unspecified atom stereocenters. The molecule has 0 spiro atoms. The number of thiazole rings is 1. The molecule has 6 rings (SSSR count). The summed E-state index contributed by atoms with van der Waals surface area (Å²) in [7, 11) is 0. The van der Waals surface area contributed by atoms with Gasteiger partial charge in [-0.25, -0.2) is 9.37 Å². The summed E-state index contributed by atoms with van der Waals surface area (Å²) < 4.78 is 14.2. The Morgan fingerprint density at radius 3 is 2.60 bits per heavy atom. The molecule has 2 aliphatic carbocycles. The number of aliphatic hydroxyl groups excluding tert-OH is 1. The van der Waals surface area contributed by atoms with Crippen molar-refractivity contribution in [1.29, 1.82) is 0 Å². The Balaban J connectivity index is 1.26. The van der Waals surface area contributed by atoms with Crippen molar-refractivity contribution in [3.05, 3.63) is 85.5 Å². The number of benzene rings is 1. The summed E-state index contributed by atoms with van der Waals surface area (Å²) in [5.41, 5.74) is 6.75. The highest BCUT2D eigenvalue weighted by atomic mass is 35.5. The lowest BCUT2D eigenvalue weighted by atomic mass is 9.80. The van der Waals surface area contributed by atoms with Crippen LogP contribution in [0.4, 0.5) is 4.39 Å². The monoisotopic (exact) mass is 608 g/mol.